The van der Waals surface area contributed by atoms with Crippen LogP contribution in [0.4, 0.5) is 0 Å². The van der Waals surface area contributed by atoms with Crippen molar-refractivity contribution in [3.8, 4) is 45.6 Å². The van der Waals surface area contributed by atoms with Crippen LogP contribution in [-0.2, 0) is 0 Å². The number of nitrogens with zero attached hydrogens (tertiary/aromatic N) is 4. The Morgan fingerprint density at radius 2 is 1.12 bits per heavy atom. The molecule has 10 rings (SSSR count). The molecule has 0 aliphatic carbocycles. The van der Waals surface area contributed by atoms with Crippen LogP contribution in [0.3, 0.4) is 0 Å². The molecule has 0 amide bonds. The normalized spacial score (nSPS) is 11.8. The number of benzene rings is 7. The van der Waals surface area contributed by atoms with E-state index in [-0.39, 0.29) is 0 Å². The molecular weight excluding hydrogens is 609 g/mol. The molecule has 3 aromatic heterocycles. The summed E-state index contributed by atoms with van der Waals surface area (Å²) in [5.41, 5.74) is 5.38. The average Bonchev–Trinajstić information content (AvgIpc) is 3.74. The maximum atomic E-state index is 6.22. The molecule has 0 spiro atoms. The number of hydrogen-bond donors (Lipinski definition) is 0. The van der Waals surface area contributed by atoms with Gasteiger partial charge in [-0.15, -0.1) is 11.3 Å². The molecule has 0 saturated carbocycles. The summed E-state index contributed by atoms with van der Waals surface area (Å²) in [5.74, 6) is 2.52. The van der Waals surface area contributed by atoms with Crippen molar-refractivity contribution < 1.29 is 4.42 Å². The second-order valence-corrected chi connectivity index (χ2v) is 13.0. The van der Waals surface area contributed by atoms with E-state index in [1.54, 1.807) is 11.3 Å². The van der Waals surface area contributed by atoms with Gasteiger partial charge in [0.25, 0.3) is 0 Å². The lowest BCUT2D eigenvalue weighted by Gasteiger charge is -2.11. The summed E-state index contributed by atoms with van der Waals surface area (Å²) in [5, 5.41) is 6.97. The third kappa shape index (κ3) is 4.38. The fourth-order valence-electron chi connectivity index (χ4n) is 6.62. The highest BCUT2D eigenvalue weighted by Crippen LogP contribution is 2.42. The minimum atomic E-state index is 0.616. The molecule has 0 bridgehead atoms. The molecule has 5 nitrogen and oxygen atoms in total. The van der Waals surface area contributed by atoms with E-state index in [0.29, 0.717) is 23.4 Å². The molecule has 10 aromatic rings. The molecule has 7 aromatic carbocycles. The summed E-state index contributed by atoms with van der Waals surface area (Å²) in [6.45, 7) is 0. The Hall–Kier alpha value is -6.24. The quantitative estimate of drug-likeness (QED) is 0.181. The fraction of sp³-hybridized carbons (Fsp3) is 0. The van der Waals surface area contributed by atoms with Gasteiger partial charge in [-0.25, -0.2) is 19.9 Å². The summed E-state index contributed by atoms with van der Waals surface area (Å²) in [6, 6.07) is 50.0. The van der Waals surface area contributed by atoms with E-state index in [1.807, 2.05) is 60.7 Å². The Balaban J connectivity index is 1.20. The molecule has 224 valence electrons. The maximum absolute atomic E-state index is 6.22. The van der Waals surface area contributed by atoms with Crippen LogP contribution in [0.1, 0.15) is 0 Å². The van der Waals surface area contributed by atoms with Gasteiger partial charge in [0.05, 0.1) is 0 Å². The van der Waals surface area contributed by atoms with Gasteiger partial charge < -0.3 is 4.42 Å². The van der Waals surface area contributed by atoms with Crippen LogP contribution in [-0.4, -0.2) is 19.9 Å². The second kappa shape index (κ2) is 10.7. The van der Waals surface area contributed by atoms with Crippen molar-refractivity contribution in [3.05, 3.63) is 146 Å². The van der Waals surface area contributed by atoms with Gasteiger partial charge in [0, 0.05) is 48.5 Å². The Kier molecular flexibility index (Phi) is 5.98. The first-order valence-electron chi connectivity index (χ1n) is 15.8. The topological polar surface area (TPSA) is 64.7 Å². The summed E-state index contributed by atoms with van der Waals surface area (Å²) in [7, 11) is 0. The molecule has 0 radical (unpaired) electrons. The van der Waals surface area contributed by atoms with Crippen LogP contribution in [0.25, 0.3) is 98.4 Å². The van der Waals surface area contributed by atoms with Gasteiger partial charge >= 0.3 is 0 Å². The summed E-state index contributed by atoms with van der Waals surface area (Å²) < 4.78 is 8.50. The number of rotatable bonds is 4. The predicted octanol–water partition coefficient (Wildman–Crippen LogP) is 11.4. The zero-order valence-electron chi connectivity index (χ0n) is 25.5. The average molecular weight is 633 g/mol. The van der Waals surface area contributed by atoms with Crippen LogP contribution < -0.4 is 0 Å². The summed E-state index contributed by atoms with van der Waals surface area (Å²) >= 11 is 1.74. The van der Waals surface area contributed by atoms with Gasteiger partial charge in [0.15, 0.2) is 23.1 Å². The molecule has 0 aliphatic heterocycles. The lowest BCUT2D eigenvalue weighted by atomic mass is 9.99. The Morgan fingerprint density at radius 1 is 0.438 bits per heavy atom. The molecule has 6 heteroatoms. The first-order valence-corrected chi connectivity index (χ1v) is 16.6. The third-order valence-corrected chi connectivity index (χ3v) is 10.1. The van der Waals surface area contributed by atoms with Crippen molar-refractivity contribution in [1.82, 2.24) is 19.9 Å². The van der Waals surface area contributed by atoms with Gasteiger partial charge in [-0.3, -0.25) is 0 Å². The standard InChI is InChI=1S/C42H24N4OS/c1-3-11-27(12-4-1)39-44-40(29-21-20-26-19-18-25-10-7-8-15-30(25)32(26)22-29)46-41(45-39)31-16-9-17-36-38(31)33-23-34-35(24-37(33)48-36)47-42(43-34)28-13-5-2-6-14-28/h1-24H. The van der Waals surface area contributed by atoms with Crippen molar-refractivity contribution in [1.29, 1.82) is 0 Å². The number of aromatic nitrogens is 4. The molecule has 0 N–H and O–H groups in total. The van der Waals surface area contributed by atoms with E-state index in [9.17, 15) is 0 Å². The Bertz CT molecular complexity index is 2840. The lowest BCUT2D eigenvalue weighted by Crippen LogP contribution is -2.00. The van der Waals surface area contributed by atoms with Gasteiger partial charge in [-0.1, -0.05) is 109 Å². The zero-order chi connectivity index (χ0) is 31.6. The smallest absolute Gasteiger partial charge is 0.227 e. The molecule has 0 aliphatic rings. The van der Waals surface area contributed by atoms with Gasteiger partial charge in [0.2, 0.25) is 5.89 Å². The van der Waals surface area contributed by atoms with Crippen molar-refractivity contribution >= 4 is 64.2 Å². The summed E-state index contributed by atoms with van der Waals surface area (Å²) in [4.78, 5) is 20.2. The highest BCUT2D eigenvalue weighted by molar-refractivity contribution is 7.26. The first kappa shape index (κ1) is 26.9. The SMILES string of the molecule is c1ccc(-c2nc(-c3ccc4ccc5ccccc5c4c3)nc(-c3cccc4sc5cc6oc(-c7ccccc7)nc6cc5c34)n2)cc1. The molecule has 0 fully saturated rings. The van der Waals surface area contributed by atoms with Crippen molar-refractivity contribution in [2.24, 2.45) is 0 Å². The van der Waals surface area contributed by atoms with Gasteiger partial charge in [0.1, 0.15) is 5.52 Å². The zero-order valence-corrected chi connectivity index (χ0v) is 26.3. The maximum Gasteiger partial charge on any atom is 0.227 e. The molecule has 0 saturated heterocycles. The van der Waals surface area contributed by atoms with E-state index in [0.717, 1.165) is 53.5 Å². The van der Waals surface area contributed by atoms with Crippen molar-refractivity contribution in [2.75, 3.05) is 0 Å². The third-order valence-electron chi connectivity index (χ3n) is 8.94. The fourth-order valence-corrected chi connectivity index (χ4v) is 7.76. The highest BCUT2D eigenvalue weighted by Gasteiger charge is 2.19. The van der Waals surface area contributed by atoms with Crippen molar-refractivity contribution in [2.45, 2.75) is 0 Å². The summed E-state index contributed by atoms with van der Waals surface area (Å²) in [6.07, 6.45) is 0. The van der Waals surface area contributed by atoms with Crippen LogP contribution in [0.5, 0.6) is 0 Å². The van der Waals surface area contributed by atoms with E-state index in [4.69, 9.17) is 24.4 Å². The second-order valence-electron chi connectivity index (χ2n) is 11.9. The van der Waals surface area contributed by atoms with Crippen LogP contribution >= 0.6 is 11.3 Å². The molecule has 0 unspecified atom stereocenters. The predicted molar refractivity (Wildman–Crippen MR) is 197 cm³/mol. The van der Waals surface area contributed by atoms with E-state index in [2.05, 4.69) is 84.9 Å². The number of hydrogen-bond acceptors (Lipinski definition) is 6. The molecule has 3 heterocycles. The number of thiophene rings is 1. The number of oxazole rings is 1. The molecular formula is C42H24N4OS. The highest BCUT2D eigenvalue weighted by atomic mass is 32.1. The van der Waals surface area contributed by atoms with Gasteiger partial charge in [-0.05, 0) is 51.9 Å². The monoisotopic (exact) mass is 632 g/mol. The van der Waals surface area contributed by atoms with E-state index >= 15 is 0 Å². The van der Waals surface area contributed by atoms with Crippen LogP contribution in [0, 0.1) is 0 Å². The number of fused-ring (bicyclic) bond motifs is 7. The van der Waals surface area contributed by atoms with E-state index < -0.39 is 0 Å². The van der Waals surface area contributed by atoms with Crippen LogP contribution in [0.2, 0.25) is 0 Å². The lowest BCUT2D eigenvalue weighted by molar-refractivity contribution is 0.620. The minimum absolute atomic E-state index is 0.616. The van der Waals surface area contributed by atoms with Crippen molar-refractivity contribution in [3.63, 3.8) is 0 Å². The van der Waals surface area contributed by atoms with E-state index in [1.165, 1.54) is 21.5 Å². The molecule has 48 heavy (non-hydrogen) atoms. The Labute approximate surface area is 278 Å². The Morgan fingerprint density at radius 3 is 1.96 bits per heavy atom. The van der Waals surface area contributed by atoms with Crippen LogP contribution in [0.15, 0.2) is 150 Å². The minimum Gasteiger partial charge on any atom is -0.436 e. The largest absolute Gasteiger partial charge is 0.436 e. The first-order chi connectivity index (χ1) is 23.7. The molecule has 0 atom stereocenters. The van der Waals surface area contributed by atoms with Gasteiger partial charge in [-0.2, -0.15) is 0 Å².